The number of carboxylic acids is 1. The summed E-state index contributed by atoms with van der Waals surface area (Å²) < 4.78 is 6.12. The second-order valence-corrected chi connectivity index (χ2v) is 12.6. The third-order valence-corrected chi connectivity index (χ3v) is 7.89. The Balaban J connectivity index is 1.36. The molecule has 7 nitrogen and oxygen atoms in total. The summed E-state index contributed by atoms with van der Waals surface area (Å²) in [6.07, 6.45) is -0.360. The van der Waals surface area contributed by atoms with Gasteiger partial charge in [-0.25, -0.2) is 0 Å². The summed E-state index contributed by atoms with van der Waals surface area (Å²) in [7, 11) is 0. The first-order valence-electron chi connectivity index (χ1n) is 15.1. The van der Waals surface area contributed by atoms with Crippen LogP contribution in [-0.4, -0.2) is 22.9 Å². The van der Waals surface area contributed by atoms with E-state index in [9.17, 15) is 19.5 Å². The van der Waals surface area contributed by atoms with Gasteiger partial charge < -0.3 is 20.5 Å². The molecule has 2 amide bonds. The minimum absolute atomic E-state index is 0.0650. The number of ether oxygens (including phenoxy) is 1. The SMILES string of the molecule is CC(C)(C)c1ccc(C(=O)Nc2ccc(Cl)cc2C(=O)NC(CC(=O)O)c2ccc(-c3ccccc3Oc3ccccc3)cc2)cc1. The summed E-state index contributed by atoms with van der Waals surface area (Å²) in [5, 5.41) is 15.6. The number of benzene rings is 5. The quantitative estimate of drug-likeness (QED) is 0.140. The zero-order valence-corrected chi connectivity index (χ0v) is 27.0. The maximum absolute atomic E-state index is 13.6. The van der Waals surface area contributed by atoms with E-state index in [1.165, 1.54) is 6.07 Å². The number of carboxylic acid groups (broad SMARTS) is 1. The molecule has 0 bridgehead atoms. The van der Waals surface area contributed by atoms with Gasteiger partial charge in [-0.15, -0.1) is 0 Å². The summed E-state index contributed by atoms with van der Waals surface area (Å²) in [5.74, 6) is -0.684. The van der Waals surface area contributed by atoms with Crippen LogP contribution in [0.4, 0.5) is 5.69 Å². The van der Waals surface area contributed by atoms with E-state index in [0.29, 0.717) is 27.6 Å². The lowest BCUT2D eigenvalue weighted by Gasteiger charge is -2.20. The molecule has 0 saturated heterocycles. The number of aliphatic carboxylic acids is 1. The molecule has 1 unspecified atom stereocenters. The summed E-state index contributed by atoms with van der Waals surface area (Å²) in [5.41, 5.74) is 4.11. The number of carbonyl (C=O) groups excluding carboxylic acids is 2. The normalized spacial score (nSPS) is 11.7. The van der Waals surface area contributed by atoms with Crippen molar-refractivity contribution >= 4 is 35.1 Å². The Morgan fingerprint density at radius 1 is 0.787 bits per heavy atom. The minimum Gasteiger partial charge on any atom is -0.481 e. The number of hydrogen-bond donors (Lipinski definition) is 3. The Labute approximate surface area is 279 Å². The van der Waals surface area contributed by atoms with E-state index in [1.807, 2.05) is 78.9 Å². The largest absolute Gasteiger partial charge is 0.481 e. The van der Waals surface area contributed by atoms with Crippen LogP contribution in [-0.2, 0) is 10.2 Å². The van der Waals surface area contributed by atoms with Gasteiger partial charge in [-0.2, -0.15) is 0 Å². The van der Waals surface area contributed by atoms with Gasteiger partial charge >= 0.3 is 5.97 Å². The molecular weight excluding hydrogens is 612 g/mol. The third-order valence-electron chi connectivity index (χ3n) is 7.65. The highest BCUT2D eigenvalue weighted by molar-refractivity contribution is 6.31. The van der Waals surface area contributed by atoms with Gasteiger partial charge in [0.2, 0.25) is 0 Å². The van der Waals surface area contributed by atoms with Crippen LogP contribution in [0.2, 0.25) is 5.02 Å². The van der Waals surface area contributed by atoms with Crippen molar-refractivity contribution in [3.05, 3.63) is 149 Å². The number of nitrogens with one attached hydrogen (secondary N) is 2. The number of rotatable bonds is 10. The van der Waals surface area contributed by atoms with Gasteiger partial charge in [0.05, 0.1) is 23.7 Å². The Morgan fingerprint density at radius 2 is 1.45 bits per heavy atom. The number of para-hydroxylation sites is 2. The summed E-state index contributed by atoms with van der Waals surface area (Å²) >= 11 is 6.25. The predicted octanol–water partition coefficient (Wildman–Crippen LogP) is 9.29. The van der Waals surface area contributed by atoms with Gasteiger partial charge in [0.1, 0.15) is 11.5 Å². The molecule has 0 spiro atoms. The molecule has 0 aliphatic rings. The van der Waals surface area contributed by atoms with Crippen LogP contribution in [0.3, 0.4) is 0 Å². The fourth-order valence-electron chi connectivity index (χ4n) is 5.10. The molecule has 47 heavy (non-hydrogen) atoms. The summed E-state index contributed by atoms with van der Waals surface area (Å²) in [6, 6.07) is 35.4. The molecule has 3 N–H and O–H groups in total. The van der Waals surface area contributed by atoms with Crippen molar-refractivity contribution in [2.45, 2.75) is 38.6 Å². The molecule has 0 aliphatic heterocycles. The smallest absolute Gasteiger partial charge is 0.305 e. The zero-order chi connectivity index (χ0) is 33.6. The lowest BCUT2D eigenvalue weighted by atomic mass is 9.86. The first kappa shape index (κ1) is 33.0. The molecule has 1 atom stereocenters. The number of amides is 2. The second-order valence-electron chi connectivity index (χ2n) is 12.1. The van der Waals surface area contributed by atoms with E-state index in [1.54, 1.807) is 36.4 Å². The van der Waals surface area contributed by atoms with Crippen molar-refractivity contribution in [3.8, 4) is 22.6 Å². The van der Waals surface area contributed by atoms with Crippen LogP contribution in [0.25, 0.3) is 11.1 Å². The van der Waals surface area contributed by atoms with Crippen molar-refractivity contribution in [1.29, 1.82) is 0 Å². The Bertz CT molecular complexity index is 1880. The third kappa shape index (κ3) is 8.45. The lowest BCUT2D eigenvalue weighted by Crippen LogP contribution is -2.31. The van der Waals surface area contributed by atoms with E-state index in [-0.39, 0.29) is 23.1 Å². The molecule has 238 valence electrons. The van der Waals surface area contributed by atoms with Gasteiger partial charge in [-0.3, -0.25) is 14.4 Å². The topological polar surface area (TPSA) is 105 Å². The number of hydrogen-bond acceptors (Lipinski definition) is 4. The Hall–Kier alpha value is -5.40. The standard InChI is InChI=1S/C39H35ClN2O5/c1-39(2,3)28-19-17-27(18-20-28)37(45)41-33-22-21-29(40)23-32(33)38(46)42-34(24-36(43)44)26-15-13-25(14-16-26)31-11-7-8-12-35(31)47-30-9-5-4-6-10-30/h4-23,34H,24H2,1-3H3,(H,41,45)(H,42,46)(H,43,44). The van der Waals surface area contributed by atoms with Crippen molar-refractivity contribution in [2.24, 2.45) is 0 Å². The fraction of sp³-hybridized carbons (Fsp3) is 0.154. The first-order valence-corrected chi connectivity index (χ1v) is 15.5. The molecule has 0 saturated carbocycles. The predicted molar refractivity (Wildman–Crippen MR) is 185 cm³/mol. The molecule has 0 aliphatic carbocycles. The molecule has 8 heteroatoms. The highest BCUT2D eigenvalue weighted by Crippen LogP contribution is 2.34. The van der Waals surface area contributed by atoms with E-state index in [0.717, 1.165) is 16.7 Å². The molecule has 0 fully saturated rings. The molecular formula is C39H35ClN2O5. The van der Waals surface area contributed by atoms with E-state index in [2.05, 4.69) is 31.4 Å². The maximum Gasteiger partial charge on any atom is 0.305 e. The molecule has 5 aromatic rings. The maximum atomic E-state index is 13.6. The second kappa shape index (κ2) is 14.4. The number of carbonyl (C=O) groups is 3. The van der Waals surface area contributed by atoms with E-state index >= 15 is 0 Å². The number of halogens is 1. The van der Waals surface area contributed by atoms with Gasteiger partial charge in [-0.05, 0) is 70.6 Å². The van der Waals surface area contributed by atoms with Gasteiger partial charge in [-0.1, -0.05) is 105 Å². The van der Waals surface area contributed by atoms with Crippen molar-refractivity contribution < 1.29 is 24.2 Å². The Kier molecular flexibility index (Phi) is 10.1. The summed E-state index contributed by atoms with van der Waals surface area (Å²) in [4.78, 5) is 38.6. The highest BCUT2D eigenvalue weighted by atomic mass is 35.5. The monoisotopic (exact) mass is 646 g/mol. The van der Waals surface area contributed by atoms with Crippen molar-refractivity contribution in [3.63, 3.8) is 0 Å². The fourth-order valence-corrected chi connectivity index (χ4v) is 5.27. The Morgan fingerprint density at radius 3 is 2.11 bits per heavy atom. The van der Waals surface area contributed by atoms with Crippen LogP contribution in [0, 0.1) is 0 Å². The van der Waals surface area contributed by atoms with Crippen molar-refractivity contribution in [1.82, 2.24) is 5.32 Å². The van der Waals surface area contributed by atoms with Crippen LogP contribution in [0.1, 0.15) is 65.1 Å². The molecule has 5 rings (SSSR count). The van der Waals surface area contributed by atoms with Crippen molar-refractivity contribution in [2.75, 3.05) is 5.32 Å². The lowest BCUT2D eigenvalue weighted by molar-refractivity contribution is -0.137. The molecule has 0 radical (unpaired) electrons. The summed E-state index contributed by atoms with van der Waals surface area (Å²) in [6.45, 7) is 6.27. The molecule has 5 aromatic carbocycles. The average molecular weight is 647 g/mol. The van der Waals surface area contributed by atoms with Crippen LogP contribution >= 0.6 is 11.6 Å². The first-order chi connectivity index (χ1) is 22.5. The van der Waals surface area contributed by atoms with E-state index in [4.69, 9.17) is 16.3 Å². The van der Waals surface area contributed by atoms with Crippen LogP contribution in [0.15, 0.2) is 121 Å². The molecule has 0 heterocycles. The van der Waals surface area contributed by atoms with Gasteiger partial charge in [0, 0.05) is 16.1 Å². The number of anilines is 1. The van der Waals surface area contributed by atoms with Crippen LogP contribution in [0.5, 0.6) is 11.5 Å². The van der Waals surface area contributed by atoms with Gasteiger partial charge in [0.15, 0.2) is 0 Å². The average Bonchev–Trinajstić information content (AvgIpc) is 3.05. The molecule has 0 aromatic heterocycles. The highest BCUT2D eigenvalue weighted by Gasteiger charge is 2.23. The zero-order valence-electron chi connectivity index (χ0n) is 26.3. The van der Waals surface area contributed by atoms with E-state index < -0.39 is 23.8 Å². The van der Waals surface area contributed by atoms with Gasteiger partial charge in [0.25, 0.3) is 11.8 Å². The van der Waals surface area contributed by atoms with Crippen LogP contribution < -0.4 is 15.4 Å². The minimum atomic E-state index is -1.08.